The van der Waals surface area contributed by atoms with Gasteiger partial charge in [0.1, 0.15) is 29.2 Å². The lowest BCUT2D eigenvalue weighted by Crippen LogP contribution is -2.26. The number of hydrogen-bond donors (Lipinski definition) is 4. The molecule has 4 N–H and O–H groups in total. The average Bonchev–Trinajstić information content (AvgIpc) is 2.94. The number of Topliss-reactive ketones (excluding diaryl/α,β-unsaturated/α-hetero) is 2. The highest BCUT2D eigenvalue weighted by Gasteiger charge is 2.27. The summed E-state index contributed by atoms with van der Waals surface area (Å²) in [6.45, 7) is 10.9. The van der Waals surface area contributed by atoms with Gasteiger partial charge in [-0.2, -0.15) is 0 Å². The molecule has 2 rings (SSSR count). The first-order valence-electron chi connectivity index (χ1n) is 15.2. The van der Waals surface area contributed by atoms with Crippen LogP contribution in [0.1, 0.15) is 102 Å². The van der Waals surface area contributed by atoms with E-state index in [2.05, 4.69) is 0 Å². The number of carboxylic acid groups (broad SMARTS) is 2. The number of hydrogen-bond acceptors (Lipinski definition) is 7. The predicted molar refractivity (Wildman–Crippen MR) is 170 cm³/mol. The van der Waals surface area contributed by atoms with Gasteiger partial charge in [0.15, 0.2) is 0 Å². The number of nitrogens with zero attached hydrogens (tertiary/aromatic N) is 1. The molecule has 0 aliphatic rings. The fourth-order valence-corrected chi connectivity index (χ4v) is 5.12. The zero-order valence-corrected chi connectivity index (χ0v) is 26.7. The minimum Gasteiger partial charge on any atom is -0.481 e. The highest BCUT2D eigenvalue weighted by molar-refractivity contribution is 5.99. The van der Waals surface area contributed by atoms with Crippen LogP contribution in [0.5, 0.6) is 0 Å². The molecule has 0 fully saturated rings. The van der Waals surface area contributed by atoms with Gasteiger partial charge in [-0.1, -0.05) is 78.0 Å². The summed E-state index contributed by atoms with van der Waals surface area (Å²) in [5, 5.41) is 40.1. The molecule has 244 valence electrons. The summed E-state index contributed by atoms with van der Waals surface area (Å²) in [6, 6.07) is 5.78. The monoisotopic (exact) mass is 625 g/mol. The van der Waals surface area contributed by atoms with Crippen LogP contribution in [0.3, 0.4) is 0 Å². The van der Waals surface area contributed by atoms with Crippen LogP contribution < -0.4 is 0 Å². The topological polar surface area (TPSA) is 162 Å². The van der Waals surface area contributed by atoms with Gasteiger partial charge in [0.25, 0.3) is 0 Å². The molecule has 45 heavy (non-hydrogen) atoms. The van der Waals surface area contributed by atoms with E-state index in [4.69, 9.17) is 4.98 Å². The molecule has 0 aliphatic heterocycles. The van der Waals surface area contributed by atoms with Crippen LogP contribution in [0, 0.1) is 17.7 Å². The van der Waals surface area contributed by atoms with Crippen LogP contribution in [0.2, 0.25) is 0 Å². The second kappa shape index (κ2) is 16.9. The van der Waals surface area contributed by atoms with Crippen LogP contribution in [0.4, 0.5) is 4.39 Å². The van der Waals surface area contributed by atoms with Crippen LogP contribution in [0.25, 0.3) is 23.3 Å². The number of carboxylic acids is 2. The van der Waals surface area contributed by atoms with Crippen molar-refractivity contribution in [3.8, 4) is 11.1 Å². The number of aliphatic carboxylic acids is 2. The fourth-order valence-electron chi connectivity index (χ4n) is 5.12. The van der Waals surface area contributed by atoms with E-state index in [1.807, 2.05) is 27.7 Å². The highest BCUT2D eigenvalue weighted by atomic mass is 19.1. The Balaban J connectivity index is 2.75. The zero-order chi connectivity index (χ0) is 34.0. The molecule has 1 heterocycles. The van der Waals surface area contributed by atoms with Gasteiger partial charge in [0, 0.05) is 24.0 Å². The third-order valence-corrected chi connectivity index (χ3v) is 7.54. The van der Waals surface area contributed by atoms with Crippen molar-refractivity contribution in [3.05, 3.63) is 64.7 Å². The first-order chi connectivity index (χ1) is 21.1. The number of halogens is 1. The van der Waals surface area contributed by atoms with E-state index in [0.29, 0.717) is 33.6 Å². The summed E-state index contributed by atoms with van der Waals surface area (Å²) >= 11 is 0. The van der Waals surface area contributed by atoms with Crippen molar-refractivity contribution in [3.63, 3.8) is 0 Å². The lowest BCUT2D eigenvalue weighted by molar-refractivity contribution is -0.148. The average molecular weight is 626 g/mol. The van der Waals surface area contributed by atoms with Gasteiger partial charge in [0.05, 0.1) is 23.6 Å². The molecular formula is C35H44FNO8. The minimum atomic E-state index is -1.29. The Hall–Kier alpha value is -4.02. The Morgan fingerprint density at radius 3 is 1.42 bits per heavy atom. The summed E-state index contributed by atoms with van der Waals surface area (Å²) in [7, 11) is 0. The maximum Gasteiger partial charge on any atom is 0.314 e. The molecule has 0 saturated heterocycles. The maximum absolute atomic E-state index is 14.0. The zero-order valence-electron chi connectivity index (χ0n) is 26.7. The summed E-state index contributed by atoms with van der Waals surface area (Å²) in [5.41, 5.74) is 3.66. The van der Waals surface area contributed by atoms with E-state index in [9.17, 15) is 44.0 Å². The molecule has 0 saturated carbocycles. The number of benzene rings is 1. The number of pyridine rings is 1. The summed E-state index contributed by atoms with van der Waals surface area (Å²) in [4.78, 5) is 52.8. The molecule has 4 atom stereocenters. The van der Waals surface area contributed by atoms with Crippen molar-refractivity contribution in [1.82, 2.24) is 4.98 Å². The number of ketones is 2. The van der Waals surface area contributed by atoms with Crippen molar-refractivity contribution < 1.29 is 44.0 Å². The van der Waals surface area contributed by atoms with Crippen LogP contribution in [-0.4, -0.2) is 61.1 Å². The largest absolute Gasteiger partial charge is 0.481 e. The second-order valence-corrected chi connectivity index (χ2v) is 11.7. The molecule has 2 aromatic rings. The van der Waals surface area contributed by atoms with E-state index in [1.54, 1.807) is 38.1 Å². The number of aliphatic hydroxyl groups excluding tert-OH is 2. The molecule has 4 unspecified atom stereocenters. The summed E-state index contributed by atoms with van der Waals surface area (Å²) < 4.78 is 14.0. The van der Waals surface area contributed by atoms with E-state index in [-0.39, 0.29) is 24.7 Å². The molecule has 0 bridgehead atoms. The normalized spacial score (nSPS) is 14.6. The van der Waals surface area contributed by atoms with Crippen molar-refractivity contribution >= 4 is 35.7 Å². The molecule has 9 nitrogen and oxygen atoms in total. The van der Waals surface area contributed by atoms with Gasteiger partial charge < -0.3 is 20.4 Å². The SMILES string of the molecule is CCC(C(=O)O)C(=O)CC(O)C=Cc1c(C(C)C)nc(C(C)C)c(C=CC(O)CC(=O)C(CC)C(=O)O)c1-c1ccc(F)cc1. The molecule has 0 spiro atoms. The first kappa shape index (κ1) is 37.2. The third-order valence-electron chi connectivity index (χ3n) is 7.54. The Morgan fingerprint density at radius 1 is 0.733 bits per heavy atom. The summed E-state index contributed by atoms with van der Waals surface area (Å²) in [6.07, 6.45) is 2.84. The quantitative estimate of drug-likeness (QED) is 0.154. The molecule has 1 aromatic heterocycles. The Bertz CT molecular complexity index is 1350. The van der Waals surface area contributed by atoms with Crippen LogP contribution in [-0.2, 0) is 19.2 Å². The lowest BCUT2D eigenvalue weighted by atomic mass is 9.86. The van der Waals surface area contributed by atoms with E-state index >= 15 is 0 Å². The molecular weight excluding hydrogens is 581 g/mol. The number of rotatable bonds is 17. The molecule has 10 heteroatoms. The molecule has 0 aliphatic carbocycles. The Labute approximate surface area is 263 Å². The lowest BCUT2D eigenvalue weighted by Gasteiger charge is -2.23. The number of aromatic nitrogens is 1. The Morgan fingerprint density at radius 2 is 1.11 bits per heavy atom. The van der Waals surface area contributed by atoms with Gasteiger partial charge in [0.2, 0.25) is 0 Å². The van der Waals surface area contributed by atoms with Crippen LogP contribution >= 0.6 is 0 Å². The van der Waals surface area contributed by atoms with Crippen LogP contribution in [0.15, 0.2) is 36.4 Å². The minimum absolute atomic E-state index is 0.0972. The van der Waals surface area contributed by atoms with Gasteiger partial charge in [-0.3, -0.25) is 24.2 Å². The van der Waals surface area contributed by atoms with Gasteiger partial charge in [-0.05, 0) is 47.9 Å². The van der Waals surface area contributed by atoms with Gasteiger partial charge in [-0.15, -0.1) is 0 Å². The van der Waals surface area contributed by atoms with Gasteiger partial charge in [-0.25, -0.2) is 4.39 Å². The smallest absolute Gasteiger partial charge is 0.314 e. The standard InChI is InChI=1S/C35H44FNO8/c1-7-25(34(42)43)29(40)17-23(38)13-15-27-31(21-9-11-22(36)12-10-21)28(33(20(5)6)37-32(27)19(3)4)16-14-24(39)18-30(41)26(8-2)35(44)45/h9-16,19-20,23-26,38-39H,7-8,17-18H2,1-6H3,(H,42,43)(H,44,45). The van der Waals surface area contributed by atoms with Crippen molar-refractivity contribution in [2.45, 2.75) is 91.3 Å². The van der Waals surface area contributed by atoms with E-state index in [0.717, 1.165) is 0 Å². The van der Waals surface area contributed by atoms with Crippen molar-refractivity contribution in [1.29, 1.82) is 0 Å². The third kappa shape index (κ3) is 9.99. The summed E-state index contributed by atoms with van der Waals surface area (Å²) in [5.74, 6) is -6.82. The van der Waals surface area contributed by atoms with E-state index in [1.165, 1.54) is 24.3 Å². The van der Waals surface area contributed by atoms with E-state index < -0.39 is 66.2 Å². The number of aliphatic hydroxyl groups is 2. The maximum atomic E-state index is 14.0. The van der Waals surface area contributed by atoms with Crippen molar-refractivity contribution in [2.75, 3.05) is 0 Å². The highest BCUT2D eigenvalue weighted by Crippen LogP contribution is 2.38. The predicted octanol–water partition coefficient (Wildman–Crippen LogP) is 6.02. The second-order valence-electron chi connectivity index (χ2n) is 11.7. The molecule has 1 aromatic carbocycles. The fraction of sp³-hybridized carbons (Fsp3) is 0.457. The van der Waals surface area contributed by atoms with Gasteiger partial charge >= 0.3 is 11.9 Å². The molecule has 0 amide bonds. The first-order valence-corrected chi connectivity index (χ1v) is 15.2. The number of carbonyl (C=O) groups excluding carboxylic acids is 2. The molecule has 0 radical (unpaired) electrons. The number of carbonyl (C=O) groups is 4. The Kier molecular flexibility index (Phi) is 13.9. The van der Waals surface area contributed by atoms with Crippen molar-refractivity contribution in [2.24, 2.45) is 11.8 Å².